The Balaban J connectivity index is 2.05. The molecule has 20 heavy (non-hydrogen) atoms. The van der Waals surface area contributed by atoms with Crippen LogP contribution in [0.4, 0.5) is 4.39 Å². The largest absolute Gasteiger partial charge is 0.507 e. The Morgan fingerprint density at radius 2 is 2.05 bits per heavy atom. The summed E-state index contributed by atoms with van der Waals surface area (Å²) in [5, 5.41) is 18.5. The average molecular weight is 277 g/mol. The van der Waals surface area contributed by atoms with E-state index in [-0.39, 0.29) is 23.3 Å². The van der Waals surface area contributed by atoms with Gasteiger partial charge < -0.3 is 10.0 Å². The minimum absolute atomic E-state index is 0.0215. The number of phenols is 1. The molecule has 1 aliphatic rings. The molecule has 1 amide bonds. The smallest absolute Gasteiger partial charge is 0.257 e. The monoisotopic (exact) mass is 277 g/mol. The van der Waals surface area contributed by atoms with Gasteiger partial charge in [0.2, 0.25) is 0 Å². The summed E-state index contributed by atoms with van der Waals surface area (Å²) in [5.74, 6) is -1.15. The first-order valence-electron chi connectivity index (χ1n) is 6.44. The lowest BCUT2D eigenvalue weighted by atomic mass is 10.1. The molecular weight excluding hydrogens is 261 g/mol. The molecule has 1 N–H and O–H groups in total. The molecule has 1 saturated heterocycles. The van der Waals surface area contributed by atoms with Crippen molar-refractivity contribution in [3.05, 3.63) is 29.6 Å². The first kappa shape index (κ1) is 14.3. The number of aromatic hydroxyl groups is 1. The Hall–Kier alpha value is -2.13. The first-order valence-corrected chi connectivity index (χ1v) is 6.44. The highest BCUT2D eigenvalue weighted by Crippen LogP contribution is 2.20. The Morgan fingerprint density at radius 3 is 2.65 bits per heavy atom. The van der Waals surface area contributed by atoms with E-state index in [1.807, 2.05) is 11.8 Å². The number of halogens is 1. The molecule has 1 fully saturated rings. The van der Waals surface area contributed by atoms with Crippen LogP contribution in [-0.4, -0.2) is 53.0 Å². The molecule has 0 aliphatic carbocycles. The maximum Gasteiger partial charge on any atom is 0.257 e. The van der Waals surface area contributed by atoms with Crippen LogP contribution in [0, 0.1) is 17.1 Å². The van der Waals surface area contributed by atoms with E-state index >= 15 is 0 Å². The molecule has 1 aliphatic heterocycles. The summed E-state index contributed by atoms with van der Waals surface area (Å²) in [6.45, 7) is 3.92. The van der Waals surface area contributed by atoms with Gasteiger partial charge in [0.1, 0.15) is 11.6 Å². The Bertz CT molecular complexity index is 548. The van der Waals surface area contributed by atoms with Gasteiger partial charge in [-0.25, -0.2) is 4.39 Å². The van der Waals surface area contributed by atoms with Crippen molar-refractivity contribution in [3.63, 3.8) is 0 Å². The highest BCUT2D eigenvalue weighted by Gasteiger charge is 2.26. The molecule has 1 aromatic carbocycles. The number of phenolic OH excluding ortho intramolecular Hbond substituents is 1. The summed E-state index contributed by atoms with van der Waals surface area (Å²) in [6, 6.07) is 5.31. The molecule has 6 heteroatoms. The predicted octanol–water partition coefficient (Wildman–Crippen LogP) is 1.20. The number of benzene rings is 1. The van der Waals surface area contributed by atoms with E-state index in [4.69, 9.17) is 5.26 Å². The molecular formula is C14H16FN3O2. The van der Waals surface area contributed by atoms with Crippen molar-refractivity contribution < 1.29 is 14.3 Å². The number of amides is 1. The summed E-state index contributed by atoms with van der Waals surface area (Å²) in [6.07, 6.45) is 0. The molecule has 1 unspecified atom stereocenters. The highest BCUT2D eigenvalue weighted by atomic mass is 19.1. The van der Waals surface area contributed by atoms with Crippen LogP contribution in [-0.2, 0) is 0 Å². The Morgan fingerprint density at radius 1 is 1.40 bits per heavy atom. The lowest BCUT2D eigenvalue weighted by Gasteiger charge is -2.35. The van der Waals surface area contributed by atoms with Gasteiger partial charge in [-0.1, -0.05) is 0 Å². The third-order valence-corrected chi connectivity index (χ3v) is 3.53. The zero-order valence-corrected chi connectivity index (χ0v) is 11.2. The first-order chi connectivity index (χ1) is 9.52. The molecule has 1 heterocycles. The van der Waals surface area contributed by atoms with Crippen LogP contribution in [0.2, 0.25) is 0 Å². The van der Waals surface area contributed by atoms with Gasteiger partial charge in [-0.05, 0) is 25.1 Å². The van der Waals surface area contributed by atoms with E-state index < -0.39 is 5.82 Å². The number of piperazine rings is 1. The molecule has 1 aromatic rings. The van der Waals surface area contributed by atoms with Crippen molar-refractivity contribution >= 4 is 5.91 Å². The number of hydrogen-bond acceptors (Lipinski definition) is 4. The zero-order chi connectivity index (χ0) is 14.7. The third-order valence-electron chi connectivity index (χ3n) is 3.53. The summed E-state index contributed by atoms with van der Waals surface area (Å²) < 4.78 is 13.2. The standard InChI is InChI=1S/C14H16FN3O2/c1-10(9-16)17-4-6-18(7-5-17)14(20)12-8-11(15)2-3-13(12)19/h2-3,8,10,19H,4-7H2,1H3. The van der Waals surface area contributed by atoms with E-state index in [0.717, 1.165) is 12.1 Å². The summed E-state index contributed by atoms with van der Waals surface area (Å²) in [4.78, 5) is 15.8. The quantitative estimate of drug-likeness (QED) is 0.882. The molecule has 0 spiro atoms. The van der Waals surface area contributed by atoms with E-state index in [9.17, 15) is 14.3 Å². The number of carbonyl (C=O) groups excluding carboxylic acids is 1. The molecule has 0 radical (unpaired) electrons. The molecule has 1 atom stereocenters. The fourth-order valence-electron chi connectivity index (χ4n) is 2.24. The summed E-state index contributed by atoms with van der Waals surface area (Å²) >= 11 is 0. The zero-order valence-electron chi connectivity index (χ0n) is 11.2. The molecule has 0 saturated carbocycles. The number of hydrogen-bond donors (Lipinski definition) is 1. The van der Waals surface area contributed by atoms with E-state index in [1.165, 1.54) is 6.07 Å². The van der Waals surface area contributed by atoms with Gasteiger partial charge in [0.25, 0.3) is 5.91 Å². The maximum absolute atomic E-state index is 13.2. The average Bonchev–Trinajstić information content (AvgIpc) is 2.48. The predicted molar refractivity (Wildman–Crippen MR) is 70.6 cm³/mol. The van der Waals surface area contributed by atoms with Crippen LogP contribution >= 0.6 is 0 Å². The number of nitrogens with zero attached hydrogens (tertiary/aromatic N) is 3. The fourth-order valence-corrected chi connectivity index (χ4v) is 2.24. The van der Waals surface area contributed by atoms with E-state index in [0.29, 0.717) is 26.2 Å². The Labute approximate surface area is 116 Å². The second-order valence-corrected chi connectivity index (χ2v) is 4.79. The minimum Gasteiger partial charge on any atom is -0.507 e. The molecule has 5 nitrogen and oxygen atoms in total. The van der Waals surface area contributed by atoms with Crippen LogP contribution in [0.25, 0.3) is 0 Å². The summed E-state index contributed by atoms with van der Waals surface area (Å²) in [5.41, 5.74) is -0.0215. The van der Waals surface area contributed by atoms with Gasteiger partial charge in [0.15, 0.2) is 0 Å². The normalized spacial score (nSPS) is 17.6. The van der Waals surface area contributed by atoms with Crippen LogP contribution in [0.5, 0.6) is 5.75 Å². The SMILES string of the molecule is CC(C#N)N1CCN(C(=O)c2cc(F)ccc2O)CC1. The lowest BCUT2D eigenvalue weighted by molar-refractivity contribution is 0.0612. The number of rotatable bonds is 2. The molecule has 106 valence electrons. The van der Waals surface area contributed by atoms with E-state index in [2.05, 4.69) is 6.07 Å². The third kappa shape index (κ3) is 2.89. The second-order valence-electron chi connectivity index (χ2n) is 4.79. The molecule has 0 bridgehead atoms. The van der Waals surface area contributed by atoms with Crippen LogP contribution in [0.3, 0.4) is 0 Å². The molecule has 0 aromatic heterocycles. The van der Waals surface area contributed by atoms with Gasteiger partial charge in [-0.3, -0.25) is 9.69 Å². The highest BCUT2D eigenvalue weighted by molar-refractivity contribution is 5.96. The van der Waals surface area contributed by atoms with Crippen molar-refractivity contribution in [2.24, 2.45) is 0 Å². The van der Waals surface area contributed by atoms with Gasteiger partial charge in [0, 0.05) is 26.2 Å². The minimum atomic E-state index is -0.553. The topological polar surface area (TPSA) is 67.6 Å². The maximum atomic E-state index is 13.2. The number of carbonyl (C=O) groups is 1. The van der Waals surface area contributed by atoms with Gasteiger partial charge in [-0.15, -0.1) is 0 Å². The van der Waals surface area contributed by atoms with Gasteiger partial charge in [0.05, 0.1) is 17.7 Å². The van der Waals surface area contributed by atoms with Crippen molar-refractivity contribution in [2.45, 2.75) is 13.0 Å². The van der Waals surface area contributed by atoms with Crippen molar-refractivity contribution in [2.75, 3.05) is 26.2 Å². The Kier molecular flexibility index (Phi) is 4.20. The molecule has 2 rings (SSSR count). The van der Waals surface area contributed by atoms with Crippen molar-refractivity contribution in [1.29, 1.82) is 5.26 Å². The number of nitriles is 1. The second kappa shape index (κ2) is 5.88. The van der Waals surface area contributed by atoms with Crippen LogP contribution in [0.15, 0.2) is 18.2 Å². The van der Waals surface area contributed by atoms with Crippen LogP contribution in [0.1, 0.15) is 17.3 Å². The lowest BCUT2D eigenvalue weighted by Crippen LogP contribution is -2.51. The van der Waals surface area contributed by atoms with Crippen molar-refractivity contribution in [1.82, 2.24) is 9.80 Å². The van der Waals surface area contributed by atoms with Gasteiger partial charge >= 0.3 is 0 Å². The summed E-state index contributed by atoms with van der Waals surface area (Å²) in [7, 11) is 0. The van der Waals surface area contributed by atoms with Crippen molar-refractivity contribution in [3.8, 4) is 11.8 Å². The fraction of sp³-hybridized carbons (Fsp3) is 0.429. The van der Waals surface area contributed by atoms with E-state index in [1.54, 1.807) is 4.90 Å². The van der Waals surface area contributed by atoms with Gasteiger partial charge in [-0.2, -0.15) is 5.26 Å². The van der Waals surface area contributed by atoms with Crippen LogP contribution < -0.4 is 0 Å².